The van der Waals surface area contributed by atoms with Crippen molar-refractivity contribution in [2.24, 2.45) is 0 Å². The summed E-state index contributed by atoms with van der Waals surface area (Å²) in [6.07, 6.45) is 0.868. The number of ether oxygens (including phenoxy) is 1. The van der Waals surface area contributed by atoms with E-state index in [0.717, 1.165) is 38.3 Å². The van der Waals surface area contributed by atoms with Gasteiger partial charge in [0.1, 0.15) is 0 Å². The molecule has 0 amide bonds. The molecule has 0 radical (unpaired) electrons. The van der Waals surface area contributed by atoms with Gasteiger partial charge in [-0.05, 0) is 32.9 Å². The topological polar surface area (TPSA) is 44.7 Å². The number of aliphatic hydroxyl groups is 1. The molecule has 0 bridgehead atoms. The van der Waals surface area contributed by atoms with Gasteiger partial charge in [-0.1, -0.05) is 30.3 Å². The summed E-state index contributed by atoms with van der Waals surface area (Å²) >= 11 is 0. The first-order chi connectivity index (χ1) is 10.0. The normalized spacial score (nSPS) is 21.9. The Balaban J connectivity index is 2.10. The Morgan fingerprint density at radius 1 is 1.33 bits per heavy atom. The summed E-state index contributed by atoms with van der Waals surface area (Å²) in [5.41, 5.74) is 0.820. The number of hydrogen-bond acceptors (Lipinski definition) is 4. The van der Waals surface area contributed by atoms with Crippen LogP contribution in [0.3, 0.4) is 0 Å². The van der Waals surface area contributed by atoms with Crippen molar-refractivity contribution in [2.75, 3.05) is 40.0 Å². The highest BCUT2D eigenvalue weighted by Gasteiger charge is 2.34. The second-order valence-electron chi connectivity index (χ2n) is 6.46. The lowest BCUT2D eigenvalue weighted by molar-refractivity contribution is -0.0552. The smallest absolute Gasteiger partial charge is 0.0678 e. The van der Waals surface area contributed by atoms with Crippen LogP contribution in [0.15, 0.2) is 30.3 Å². The molecular formula is C17H28N2O2. The zero-order chi connectivity index (χ0) is 15.3. The van der Waals surface area contributed by atoms with Crippen molar-refractivity contribution >= 4 is 0 Å². The number of nitrogens with one attached hydrogen (secondary N) is 1. The Bertz CT molecular complexity index is 430. The van der Waals surface area contributed by atoms with Crippen molar-refractivity contribution in [3.05, 3.63) is 35.9 Å². The lowest BCUT2D eigenvalue weighted by Gasteiger charge is -2.44. The SMILES string of the molecule is CNC(CO)(CCN1CCOCC1(C)C)c1ccccc1. The molecule has 1 atom stereocenters. The van der Waals surface area contributed by atoms with Gasteiger partial charge in [0.15, 0.2) is 0 Å². The first-order valence-corrected chi connectivity index (χ1v) is 7.72. The van der Waals surface area contributed by atoms with Crippen LogP contribution >= 0.6 is 0 Å². The predicted octanol–water partition coefficient (Wildman–Crippen LogP) is 1.59. The number of aliphatic hydroxyl groups excluding tert-OH is 1. The Kier molecular flexibility index (Phi) is 5.38. The van der Waals surface area contributed by atoms with Crippen molar-refractivity contribution in [1.82, 2.24) is 10.2 Å². The highest BCUT2D eigenvalue weighted by molar-refractivity contribution is 5.24. The van der Waals surface area contributed by atoms with Gasteiger partial charge < -0.3 is 15.2 Å². The Morgan fingerprint density at radius 3 is 2.62 bits per heavy atom. The first-order valence-electron chi connectivity index (χ1n) is 7.72. The number of benzene rings is 1. The van der Waals surface area contributed by atoms with Gasteiger partial charge in [-0.25, -0.2) is 0 Å². The summed E-state index contributed by atoms with van der Waals surface area (Å²) in [5.74, 6) is 0. The molecule has 1 heterocycles. The summed E-state index contributed by atoms with van der Waals surface area (Å²) in [7, 11) is 1.92. The molecule has 1 unspecified atom stereocenters. The molecule has 1 aliphatic heterocycles. The quantitative estimate of drug-likeness (QED) is 0.836. The van der Waals surface area contributed by atoms with Crippen LogP contribution in [0.1, 0.15) is 25.8 Å². The van der Waals surface area contributed by atoms with Gasteiger partial charge >= 0.3 is 0 Å². The van der Waals surface area contributed by atoms with E-state index < -0.39 is 0 Å². The van der Waals surface area contributed by atoms with E-state index >= 15 is 0 Å². The molecule has 0 saturated carbocycles. The highest BCUT2D eigenvalue weighted by atomic mass is 16.5. The molecule has 0 spiro atoms. The van der Waals surface area contributed by atoms with Gasteiger partial charge in [0, 0.05) is 18.6 Å². The molecule has 1 aromatic carbocycles. The van der Waals surface area contributed by atoms with E-state index in [0.29, 0.717) is 0 Å². The molecule has 2 N–H and O–H groups in total. The number of morpholine rings is 1. The summed E-state index contributed by atoms with van der Waals surface area (Å²) in [5, 5.41) is 13.3. The van der Waals surface area contributed by atoms with E-state index in [1.165, 1.54) is 0 Å². The van der Waals surface area contributed by atoms with Gasteiger partial charge in [0.05, 0.1) is 25.4 Å². The Labute approximate surface area is 128 Å². The number of rotatable bonds is 6. The van der Waals surface area contributed by atoms with E-state index in [-0.39, 0.29) is 17.7 Å². The van der Waals surface area contributed by atoms with Crippen LogP contribution in [-0.4, -0.2) is 55.5 Å². The van der Waals surface area contributed by atoms with Crippen molar-refractivity contribution in [2.45, 2.75) is 31.3 Å². The van der Waals surface area contributed by atoms with Crippen LogP contribution < -0.4 is 5.32 Å². The van der Waals surface area contributed by atoms with E-state index in [1.807, 2.05) is 25.2 Å². The van der Waals surface area contributed by atoms with Crippen LogP contribution in [0.4, 0.5) is 0 Å². The molecule has 0 aromatic heterocycles. The summed E-state index contributed by atoms with van der Waals surface area (Å²) in [4.78, 5) is 2.46. The minimum Gasteiger partial charge on any atom is -0.394 e. The lowest BCUT2D eigenvalue weighted by Crippen LogP contribution is -2.55. The van der Waals surface area contributed by atoms with Crippen LogP contribution in [0, 0.1) is 0 Å². The predicted molar refractivity (Wildman–Crippen MR) is 85.4 cm³/mol. The molecule has 4 nitrogen and oxygen atoms in total. The minimum absolute atomic E-state index is 0.0594. The first kappa shape index (κ1) is 16.4. The largest absolute Gasteiger partial charge is 0.394 e. The number of likely N-dealkylation sites (N-methyl/N-ethyl adjacent to an activating group) is 1. The summed E-state index contributed by atoms with van der Waals surface area (Å²) in [6, 6.07) is 10.2. The van der Waals surface area contributed by atoms with E-state index in [1.54, 1.807) is 0 Å². The van der Waals surface area contributed by atoms with Crippen LogP contribution in [-0.2, 0) is 10.3 Å². The third-order valence-electron chi connectivity index (χ3n) is 4.70. The molecule has 1 aliphatic rings. The van der Waals surface area contributed by atoms with Crippen molar-refractivity contribution in [1.29, 1.82) is 0 Å². The molecule has 118 valence electrons. The maximum atomic E-state index is 9.98. The van der Waals surface area contributed by atoms with Gasteiger partial charge in [0.25, 0.3) is 0 Å². The Hall–Kier alpha value is -0.940. The molecule has 0 aliphatic carbocycles. The molecule has 21 heavy (non-hydrogen) atoms. The molecule has 1 saturated heterocycles. The Morgan fingerprint density at radius 2 is 2.05 bits per heavy atom. The second kappa shape index (κ2) is 6.88. The van der Waals surface area contributed by atoms with Gasteiger partial charge in [-0.3, -0.25) is 4.90 Å². The average Bonchev–Trinajstić information content (AvgIpc) is 2.51. The monoisotopic (exact) mass is 292 g/mol. The molecular weight excluding hydrogens is 264 g/mol. The van der Waals surface area contributed by atoms with E-state index in [2.05, 4.69) is 36.2 Å². The number of hydrogen-bond donors (Lipinski definition) is 2. The maximum Gasteiger partial charge on any atom is 0.0678 e. The van der Waals surface area contributed by atoms with E-state index in [4.69, 9.17) is 4.74 Å². The minimum atomic E-state index is -0.379. The van der Waals surface area contributed by atoms with Crippen molar-refractivity contribution in [3.63, 3.8) is 0 Å². The van der Waals surface area contributed by atoms with Crippen LogP contribution in [0.25, 0.3) is 0 Å². The molecule has 1 aromatic rings. The third-order valence-corrected chi connectivity index (χ3v) is 4.70. The van der Waals surface area contributed by atoms with Gasteiger partial charge in [-0.15, -0.1) is 0 Å². The van der Waals surface area contributed by atoms with E-state index in [9.17, 15) is 5.11 Å². The summed E-state index contributed by atoms with van der Waals surface area (Å²) in [6.45, 7) is 7.98. The second-order valence-corrected chi connectivity index (χ2v) is 6.46. The fourth-order valence-electron chi connectivity index (χ4n) is 3.05. The molecule has 4 heteroatoms. The van der Waals surface area contributed by atoms with Crippen molar-refractivity contribution in [3.8, 4) is 0 Å². The zero-order valence-corrected chi connectivity index (χ0v) is 13.4. The molecule has 2 rings (SSSR count). The van der Waals surface area contributed by atoms with Crippen LogP contribution in [0.2, 0.25) is 0 Å². The fourth-order valence-corrected chi connectivity index (χ4v) is 3.05. The fraction of sp³-hybridized carbons (Fsp3) is 0.647. The maximum absolute atomic E-state index is 9.98. The lowest BCUT2D eigenvalue weighted by atomic mass is 9.86. The number of nitrogens with zero attached hydrogens (tertiary/aromatic N) is 1. The average molecular weight is 292 g/mol. The van der Waals surface area contributed by atoms with Gasteiger partial charge in [0.2, 0.25) is 0 Å². The summed E-state index contributed by atoms with van der Waals surface area (Å²) < 4.78 is 5.58. The van der Waals surface area contributed by atoms with Crippen molar-refractivity contribution < 1.29 is 9.84 Å². The molecule has 1 fully saturated rings. The highest BCUT2D eigenvalue weighted by Crippen LogP contribution is 2.27. The third kappa shape index (κ3) is 3.64. The van der Waals surface area contributed by atoms with Gasteiger partial charge in [-0.2, -0.15) is 0 Å². The van der Waals surface area contributed by atoms with Crippen LogP contribution in [0.5, 0.6) is 0 Å². The standard InChI is InChI=1S/C17H28N2O2/c1-16(2)14-21-12-11-19(16)10-9-17(13-20,18-3)15-7-5-4-6-8-15/h4-8,18,20H,9-14H2,1-3H3. The zero-order valence-electron chi connectivity index (χ0n) is 13.4.